The predicted octanol–water partition coefficient (Wildman–Crippen LogP) is 3.48. The summed E-state index contributed by atoms with van der Waals surface area (Å²) in [5.74, 6) is 0.165. The molecule has 1 aliphatic heterocycles. The van der Waals surface area contributed by atoms with Crippen LogP contribution in [0, 0.1) is 11.3 Å². The van der Waals surface area contributed by atoms with Gasteiger partial charge in [0.2, 0.25) is 0 Å². The molecule has 2 aromatic heterocycles. The highest BCUT2D eigenvalue weighted by Crippen LogP contribution is 2.30. The number of furan rings is 1. The van der Waals surface area contributed by atoms with Crippen LogP contribution in [0.2, 0.25) is 0 Å². The molecule has 2 aromatic carbocycles. The summed E-state index contributed by atoms with van der Waals surface area (Å²) < 4.78 is 6.91. The van der Waals surface area contributed by atoms with E-state index in [-0.39, 0.29) is 17.0 Å². The van der Waals surface area contributed by atoms with Crippen LogP contribution in [0.15, 0.2) is 82.2 Å². The summed E-state index contributed by atoms with van der Waals surface area (Å²) in [5.41, 5.74) is 2.26. The van der Waals surface area contributed by atoms with E-state index >= 15 is 0 Å². The van der Waals surface area contributed by atoms with Crippen LogP contribution < -0.4 is 10.5 Å². The number of para-hydroxylation sites is 1. The second-order valence-corrected chi connectivity index (χ2v) is 7.99. The zero-order valence-electron chi connectivity index (χ0n) is 18.0. The summed E-state index contributed by atoms with van der Waals surface area (Å²) in [5, 5.41) is 10.8. The molecule has 7 nitrogen and oxygen atoms in total. The second kappa shape index (κ2) is 8.67. The lowest BCUT2D eigenvalue weighted by molar-refractivity contribution is 0.0715. The molecule has 7 heteroatoms. The molecule has 5 rings (SSSR count). The molecule has 0 N–H and O–H groups in total. The van der Waals surface area contributed by atoms with Gasteiger partial charge in [-0.15, -0.1) is 0 Å². The predicted molar refractivity (Wildman–Crippen MR) is 125 cm³/mol. The summed E-state index contributed by atoms with van der Waals surface area (Å²) >= 11 is 0. The SMILES string of the molecule is N#Cc1c(N2CCN(C(=O)c3ccco3)CC2)c2ccccc2n(Cc2ccccc2)c1=O. The largest absolute Gasteiger partial charge is 0.459 e. The molecule has 0 unspecified atom stereocenters. The zero-order chi connectivity index (χ0) is 22.8. The summed E-state index contributed by atoms with van der Waals surface area (Å²) in [7, 11) is 0. The third-order valence-electron chi connectivity index (χ3n) is 6.06. The van der Waals surface area contributed by atoms with Gasteiger partial charge < -0.3 is 18.8 Å². The molecule has 0 aliphatic carbocycles. The maximum absolute atomic E-state index is 13.4. The second-order valence-electron chi connectivity index (χ2n) is 7.99. The van der Waals surface area contributed by atoms with Crippen molar-refractivity contribution in [3.8, 4) is 6.07 Å². The Hall–Kier alpha value is -4.31. The van der Waals surface area contributed by atoms with Gasteiger partial charge in [0.1, 0.15) is 11.6 Å². The minimum absolute atomic E-state index is 0.135. The fourth-order valence-electron chi connectivity index (χ4n) is 4.43. The Bertz CT molecular complexity index is 1390. The molecule has 33 heavy (non-hydrogen) atoms. The molecule has 0 bridgehead atoms. The summed E-state index contributed by atoms with van der Waals surface area (Å²) in [6, 6.07) is 22.9. The number of hydrogen-bond acceptors (Lipinski definition) is 5. The van der Waals surface area contributed by atoms with Gasteiger partial charge in [0.15, 0.2) is 5.76 Å². The molecule has 0 radical (unpaired) electrons. The average molecular weight is 438 g/mol. The van der Waals surface area contributed by atoms with Crippen LogP contribution in [0.4, 0.5) is 5.69 Å². The van der Waals surface area contributed by atoms with Crippen LogP contribution in [0.25, 0.3) is 10.9 Å². The van der Waals surface area contributed by atoms with Crippen LogP contribution in [0.5, 0.6) is 0 Å². The van der Waals surface area contributed by atoms with Gasteiger partial charge >= 0.3 is 0 Å². The van der Waals surface area contributed by atoms with Crippen molar-refractivity contribution in [3.05, 3.63) is 100 Å². The fraction of sp³-hybridized carbons (Fsp3) is 0.192. The van der Waals surface area contributed by atoms with E-state index in [2.05, 4.69) is 6.07 Å². The van der Waals surface area contributed by atoms with Gasteiger partial charge in [0, 0.05) is 31.6 Å². The number of nitriles is 1. The van der Waals surface area contributed by atoms with Gasteiger partial charge in [-0.2, -0.15) is 5.26 Å². The number of anilines is 1. The van der Waals surface area contributed by atoms with Crippen LogP contribution in [-0.4, -0.2) is 41.6 Å². The van der Waals surface area contributed by atoms with Gasteiger partial charge in [-0.3, -0.25) is 9.59 Å². The standard InChI is InChI=1S/C26H22N4O3/c27-17-21-24(28-12-14-29(15-13-28)26(32)23-11-6-16-33-23)20-9-4-5-10-22(20)30(25(21)31)18-19-7-2-1-3-8-19/h1-11,16H,12-15,18H2. The van der Waals surface area contributed by atoms with Crippen molar-refractivity contribution in [2.45, 2.75) is 6.54 Å². The molecular weight excluding hydrogens is 416 g/mol. The minimum atomic E-state index is -0.302. The highest BCUT2D eigenvalue weighted by atomic mass is 16.3. The van der Waals surface area contributed by atoms with Crippen molar-refractivity contribution in [1.82, 2.24) is 9.47 Å². The van der Waals surface area contributed by atoms with Crippen LogP contribution in [0.1, 0.15) is 21.7 Å². The van der Waals surface area contributed by atoms with Crippen molar-refractivity contribution in [2.75, 3.05) is 31.1 Å². The topological polar surface area (TPSA) is 82.5 Å². The first-order chi connectivity index (χ1) is 16.2. The van der Waals surface area contributed by atoms with Crippen molar-refractivity contribution < 1.29 is 9.21 Å². The Kier molecular flexibility index (Phi) is 5.41. The van der Waals surface area contributed by atoms with E-state index in [4.69, 9.17) is 4.42 Å². The number of aromatic nitrogens is 1. The number of nitrogens with zero attached hydrogens (tertiary/aromatic N) is 4. The number of benzene rings is 2. The van der Waals surface area contributed by atoms with E-state index < -0.39 is 0 Å². The number of carbonyl (C=O) groups excluding carboxylic acids is 1. The smallest absolute Gasteiger partial charge is 0.289 e. The number of pyridine rings is 1. The Morgan fingerprint density at radius 2 is 1.67 bits per heavy atom. The third-order valence-corrected chi connectivity index (χ3v) is 6.06. The van der Waals surface area contributed by atoms with E-state index in [1.807, 2.05) is 59.5 Å². The van der Waals surface area contributed by atoms with E-state index in [9.17, 15) is 14.9 Å². The molecule has 0 atom stereocenters. The molecule has 4 aromatic rings. The summed E-state index contributed by atoms with van der Waals surface area (Å²) in [6.07, 6.45) is 1.49. The van der Waals surface area contributed by atoms with Crippen molar-refractivity contribution >= 4 is 22.5 Å². The molecule has 3 heterocycles. The Morgan fingerprint density at radius 1 is 0.939 bits per heavy atom. The number of fused-ring (bicyclic) bond motifs is 1. The number of amides is 1. The maximum atomic E-state index is 13.4. The fourth-order valence-corrected chi connectivity index (χ4v) is 4.43. The lowest BCUT2D eigenvalue weighted by Crippen LogP contribution is -2.49. The van der Waals surface area contributed by atoms with Crippen LogP contribution >= 0.6 is 0 Å². The third kappa shape index (κ3) is 3.76. The number of carbonyl (C=O) groups is 1. The van der Waals surface area contributed by atoms with Gasteiger partial charge in [0.05, 0.1) is 24.0 Å². The van der Waals surface area contributed by atoms with Gasteiger partial charge in [-0.1, -0.05) is 48.5 Å². The molecule has 1 fully saturated rings. The highest BCUT2D eigenvalue weighted by Gasteiger charge is 2.27. The molecule has 1 aliphatic rings. The van der Waals surface area contributed by atoms with Crippen LogP contribution in [0.3, 0.4) is 0 Å². The first-order valence-corrected chi connectivity index (χ1v) is 10.8. The quantitative estimate of drug-likeness (QED) is 0.487. The van der Waals surface area contributed by atoms with Gasteiger partial charge in [0.25, 0.3) is 11.5 Å². The van der Waals surface area contributed by atoms with Gasteiger partial charge in [-0.05, 0) is 23.8 Å². The summed E-state index contributed by atoms with van der Waals surface area (Å²) in [4.78, 5) is 29.8. The highest BCUT2D eigenvalue weighted by molar-refractivity contribution is 5.95. The molecular formula is C26H22N4O3. The maximum Gasteiger partial charge on any atom is 0.289 e. The van der Waals surface area contributed by atoms with E-state index in [0.717, 1.165) is 16.5 Å². The first kappa shape index (κ1) is 20.6. The number of piperazine rings is 1. The van der Waals surface area contributed by atoms with E-state index in [1.54, 1.807) is 21.6 Å². The summed E-state index contributed by atoms with van der Waals surface area (Å²) in [6.45, 7) is 2.39. The minimum Gasteiger partial charge on any atom is -0.459 e. The number of hydrogen-bond donors (Lipinski definition) is 0. The molecule has 164 valence electrons. The molecule has 1 saturated heterocycles. The zero-order valence-corrected chi connectivity index (χ0v) is 18.0. The molecule has 0 saturated carbocycles. The van der Waals surface area contributed by atoms with E-state index in [0.29, 0.717) is 44.2 Å². The lowest BCUT2D eigenvalue weighted by Gasteiger charge is -2.36. The lowest BCUT2D eigenvalue weighted by atomic mass is 10.1. The Morgan fingerprint density at radius 3 is 2.36 bits per heavy atom. The monoisotopic (exact) mass is 438 g/mol. The molecule has 1 amide bonds. The van der Waals surface area contributed by atoms with Crippen LogP contribution in [-0.2, 0) is 6.54 Å². The van der Waals surface area contributed by atoms with Crippen molar-refractivity contribution in [1.29, 1.82) is 5.26 Å². The molecule has 0 spiro atoms. The van der Waals surface area contributed by atoms with E-state index in [1.165, 1.54) is 6.26 Å². The van der Waals surface area contributed by atoms with Crippen molar-refractivity contribution in [2.24, 2.45) is 0 Å². The normalized spacial score (nSPS) is 13.8. The van der Waals surface area contributed by atoms with Crippen molar-refractivity contribution in [3.63, 3.8) is 0 Å². The Balaban J connectivity index is 1.52. The Labute approximate surface area is 190 Å². The number of rotatable bonds is 4. The van der Waals surface area contributed by atoms with Gasteiger partial charge in [-0.25, -0.2) is 0 Å². The first-order valence-electron chi connectivity index (χ1n) is 10.8. The average Bonchev–Trinajstić information content (AvgIpc) is 3.41.